The van der Waals surface area contributed by atoms with E-state index < -0.39 is 0 Å². The SMILES string of the molecule is Cc1cc(C(=O)NC2CCC(CCN3CCC(c4coc5ccccc45)CC3)CC2)on1. The molecule has 0 atom stereocenters. The van der Waals surface area contributed by atoms with Gasteiger partial charge >= 0.3 is 0 Å². The molecule has 2 aromatic heterocycles. The van der Waals surface area contributed by atoms with Gasteiger partial charge in [-0.05, 0) is 89.4 Å². The van der Waals surface area contributed by atoms with Crippen LogP contribution < -0.4 is 5.32 Å². The molecule has 1 aliphatic heterocycles. The summed E-state index contributed by atoms with van der Waals surface area (Å²) in [6.45, 7) is 5.36. The van der Waals surface area contributed by atoms with Gasteiger partial charge in [0.25, 0.3) is 5.91 Å². The largest absolute Gasteiger partial charge is 0.464 e. The third-order valence-corrected chi connectivity index (χ3v) is 7.43. The van der Waals surface area contributed by atoms with E-state index in [0.29, 0.717) is 11.7 Å². The number of aromatic nitrogens is 1. The van der Waals surface area contributed by atoms with Crippen LogP contribution in [-0.2, 0) is 0 Å². The van der Waals surface area contributed by atoms with E-state index in [9.17, 15) is 4.79 Å². The van der Waals surface area contributed by atoms with Gasteiger partial charge in [-0.1, -0.05) is 23.4 Å². The zero-order valence-corrected chi connectivity index (χ0v) is 18.9. The topological polar surface area (TPSA) is 71.5 Å². The van der Waals surface area contributed by atoms with E-state index in [1.54, 1.807) is 6.07 Å². The molecule has 6 heteroatoms. The Morgan fingerprint density at radius 1 is 1.12 bits per heavy atom. The van der Waals surface area contributed by atoms with Gasteiger partial charge in [0.15, 0.2) is 0 Å². The first-order valence-electron chi connectivity index (χ1n) is 12.1. The average molecular weight is 436 g/mol. The quantitative estimate of drug-likeness (QED) is 0.570. The predicted octanol–water partition coefficient (Wildman–Crippen LogP) is 5.29. The molecule has 5 rings (SSSR count). The van der Waals surface area contributed by atoms with Crippen molar-refractivity contribution in [3.05, 3.63) is 53.6 Å². The Kier molecular flexibility index (Phi) is 6.30. The summed E-state index contributed by atoms with van der Waals surface area (Å²) in [7, 11) is 0. The highest BCUT2D eigenvalue weighted by Gasteiger charge is 2.26. The van der Waals surface area contributed by atoms with E-state index in [2.05, 4.69) is 33.6 Å². The Hall–Kier alpha value is -2.60. The molecule has 0 radical (unpaired) electrons. The summed E-state index contributed by atoms with van der Waals surface area (Å²) in [6, 6.07) is 10.3. The number of carbonyl (C=O) groups excluding carboxylic acids is 1. The third kappa shape index (κ3) is 4.75. The number of para-hydroxylation sites is 1. The lowest BCUT2D eigenvalue weighted by Crippen LogP contribution is -2.38. The highest BCUT2D eigenvalue weighted by Crippen LogP contribution is 2.35. The molecule has 3 heterocycles. The maximum absolute atomic E-state index is 12.3. The molecule has 2 aliphatic rings. The van der Waals surface area contributed by atoms with Gasteiger partial charge in [0.2, 0.25) is 5.76 Å². The van der Waals surface area contributed by atoms with Gasteiger partial charge in [0, 0.05) is 23.1 Å². The second kappa shape index (κ2) is 9.49. The standard InChI is InChI=1S/C26H33N3O3/c1-18-16-25(32-28-18)26(30)27-21-8-6-19(7-9-21)10-13-29-14-11-20(12-15-29)23-17-31-24-5-3-2-4-22(23)24/h2-5,16-17,19-21H,6-15H2,1H3,(H,27,30). The van der Waals surface area contributed by atoms with Gasteiger partial charge in [-0.15, -0.1) is 0 Å². The van der Waals surface area contributed by atoms with Crippen LogP contribution in [0.25, 0.3) is 11.0 Å². The summed E-state index contributed by atoms with van der Waals surface area (Å²) >= 11 is 0. The lowest BCUT2D eigenvalue weighted by molar-refractivity contribution is 0.0882. The van der Waals surface area contributed by atoms with E-state index in [0.717, 1.165) is 30.0 Å². The van der Waals surface area contributed by atoms with Crippen LogP contribution in [0.2, 0.25) is 0 Å². The summed E-state index contributed by atoms with van der Waals surface area (Å²) < 4.78 is 10.8. The van der Waals surface area contributed by atoms with Gasteiger partial charge in [0.1, 0.15) is 5.58 Å². The number of nitrogens with zero attached hydrogens (tertiary/aromatic N) is 2. The van der Waals surface area contributed by atoms with Gasteiger partial charge in [-0.3, -0.25) is 4.79 Å². The fraction of sp³-hybridized carbons (Fsp3) is 0.538. The molecule has 2 fully saturated rings. The average Bonchev–Trinajstić information content (AvgIpc) is 3.45. The number of likely N-dealkylation sites (tertiary alicyclic amines) is 1. The molecule has 170 valence electrons. The first kappa shape index (κ1) is 21.3. The Morgan fingerprint density at radius 2 is 1.91 bits per heavy atom. The van der Waals surface area contributed by atoms with Gasteiger partial charge < -0.3 is 19.2 Å². The molecule has 3 aromatic rings. The summed E-state index contributed by atoms with van der Waals surface area (Å²) in [5.74, 6) is 1.56. The summed E-state index contributed by atoms with van der Waals surface area (Å²) in [5, 5.41) is 8.20. The minimum atomic E-state index is -0.137. The van der Waals surface area contributed by atoms with Crippen LogP contribution >= 0.6 is 0 Å². The lowest BCUT2D eigenvalue weighted by Gasteiger charge is -2.34. The number of rotatable bonds is 6. The molecule has 0 spiro atoms. The Bertz CT molecular complexity index is 1040. The molecule has 1 saturated heterocycles. The molecule has 1 amide bonds. The molecule has 1 N–H and O–H groups in total. The Labute approximate surface area is 189 Å². The van der Waals surface area contributed by atoms with Crippen molar-refractivity contribution < 1.29 is 13.7 Å². The number of hydrogen-bond acceptors (Lipinski definition) is 5. The second-order valence-corrected chi connectivity index (χ2v) is 9.62. The number of nitrogens with one attached hydrogen (secondary N) is 1. The zero-order valence-electron chi connectivity index (χ0n) is 18.9. The van der Waals surface area contributed by atoms with Crippen LogP contribution in [0.1, 0.15) is 72.7 Å². The minimum absolute atomic E-state index is 0.137. The molecule has 1 aromatic carbocycles. The fourth-order valence-electron chi connectivity index (χ4n) is 5.47. The molecule has 0 bridgehead atoms. The number of hydrogen-bond donors (Lipinski definition) is 1. The fourth-order valence-corrected chi connectivity index (χ4v) is 5.47. The van der Waals surface area contributed by atoms with Crippen molar-refractivity contribution in [1.82, 2.24) is 15.4 Å². The number of amides is 1. The van der Waals surface area contributed by atoms with Crippen LogP contribution in [0.4, 0.5) is 0 Å². The molecule has 1 aliphatic carbocycles. The summed E-state index contributed by atoms with van der Waals surface area (Å²) in [6.07, 6.45) is 10.2. The monoisotopic (exact) mass is 435 g/mol. The third-order valence-electron chi connectivity index (χ3n) is 7.43. The van der Waals surface area contributed by atoms with E-state index in [4.69, 9.17) is 8.94 Å². The van der Waals surface area contributed by atoms with Crippen molar-refractivity contribution in [2.24, 2.45) is 5.92 Å². The smallest absolute Gasteiger partial charge is 0.290 e. The van der Waals surface area contributed by atoms with Crippen LogP contribution in [0.15, 0.2) is 45.5 Å². The molecule has 32 heavy (non-hydrogen) atoms. The van der Waals surface area contributed by atoms with Crippen molar-refractivity contribution in [3.63, 3.8) is 0 Å². The lowest BCUT2D eigenvalue weighted by atomic mass is 9.83. The maximum atomic E-state index is 12.3. The van der Waals surface area contributed by atoms with Crippen LogP contribution in [0.5, 0.6) is 0 Å². The Balaban J connectivity index is 1.03. The molecule has 1 saturated carbocycles. The number of aryl methyl sites for hydroxylation is 1. The zero-order chi connectivity index (χ0) is 21.9. The number of benzene rings is 1. The minimum Gasteiger partial charge on any atom is -0.464 e. The number of piperidine rings is 1. The number of fused-ring (bicyclic) bond motifs is 1. The van der Waals surface area contributed by atoms with Gasteiger partial charge in [0.05, 0.1) is 12.0 Å². The van der Waals surface area contributed by atoms with E-state index in [1.807, 2.05) is 19.3 Å². The number of carbonyl (C=O) groups is 1. The first-order valence-corrected chi connectivity index (χ1v) is 12.1. The Morgan fingerprint density at radius 3 is 2.66 bits per heavy atom. The molecule has 6 nitrogen and oxygen atoms in total. The first-order chi connectivity index (χ1) is 15.7. The van der Waals surface area contributed by atoms with Crippen molar-refractivity contribution in [3.8, 4) is 0 Å². The normalized spacial score (nSPS) is 22.9. The van der Waals surface area contributed by atoms with E-state index >= 15 is 0 Å². The molecular weight excluding hydrogens is 402 g/mol. The van der Waals surface area contributed by atoms with Crippen molar-refractivity contribution in [2.75, 3.05) is 19.6 Å². The number of furan rings is 1. The van der Waals surface area contributed by atoms with Crippen molar-refractivity contribution in [2.45, 2.75) is 63.8 Å². The molecule has 0 unspecified atom stereocenters. The van der Waals surface area contributed by atoms with E-state index in [1.165, 1.54) is 62.7 Å². The van der Waals surface area contributed by atoms with E-state index in [-0.39, 0.29) is 11.9 Å². The van der Waals surface area contributed by atoms with Crippen molar-refractivity contribution in [1.29, 1.82) is 0 Å². The van der Waals surface area contributed by atoms with Crippen LogP contribution in [-0.4, -0.2) is 41.6 Å². The maximum Gasteiger partial charge on any atom is 0.290 e. The van der Waals surface area contributed by atoms with Gasteiger partial charge in [-0.2, -0.15) is 0 Å². The summed E-state index contributed by atoms with van der Waals surface area (Å²) in [4.78, 5) is 14.9. The summed E-state index contributed by atoms with van der Waals surface area (Å²) in [5.41, 5.74) is 3.13. The van der Waals surface area contributed by atoms with Gasteiger partial charge in [-0.25, -0.2) is 0 Å². The highest BCUT2D eigenvalue weighted by molar-refractivity contribution is 5.91. The molecular formula is C26H33N3O3. The highest BCUT2D eigenvalue weighted by atomic mass is 16.5. The van der Waals surface area contributed by atoms with Crippen LogP contribution in [0.3, 0.4) is 0 Å². The van der Waals surface area contributed by atoms with Crippen molar-refractivity contribution >= 4 is 16.9 Å². The predicted molar refractivity (Wildman–Crippen MR) is 124 cm³/mol. The second-order valence-electron chi connectivity index (χ2n) is 9.62. The van der Waals surface area contributed by atoms with Crippen LogP contribution in [0, 0.1) is 12.8 Å².